The van der Waals surface area contributed by atoms with Crippen molar-refractivity contribution in [3.05, 3.63) is 0 Å². The van der Waals surface area contributed by atoms with Gasteiger partial charge in [0.1, 0.15) is 0 Å². The summed E-state index contributed by atoms with van der Waals surface area (Å²) in [5.41, 5.74) is 5.61. The SMILES string of the molecule is NCC1(C(=O)NC2CCCOC2)CCCCCC1. The molecule has 0 radical (unpaired) electrons. The molecular formula is C14H26N2O2. The number of ether oxygens (including phenoxy) is 1. The molecule has 1 amide bonds. The van der Waals surface area contributed by atoms with Crippen LogP contribution < -0.4 is 11.1 Å². The van der Waals surface area contributed by atoms with Crippen molar-refractivity contribution in [3.8, 4) is 0 Å². The standard InChI is InChI=1S/C14H26N2O2/c15-11-14(7-3-1-2-4-8-14)13(17)16-12-6-5-9-18-10-12/h12H,1-11,15H2,(H,16,17). The van der Waals surface area contributed by atoms with Gasteiger partial charge in [-0.05, 0) is 25.7 Å². The first kappa shape index (κ1) is 13.8. The molecule has 4 nitrogen and oxygen atoms in total. The van der Waals surface area contributed by atoms with Gasteiger partial charge in [0.2, 0.25) is 5.91 Å². The molecule has 4 heteroatoms. The molecule has 2 rings (SSSR count). The van der Waals surface area contributed by atoms with Crippen LogP contribution in [0.3, 0.4) is 0 Å². The van der Waals surface area contributed by atoms with Crippen LogP contribution in [0.15, 0.2) is 0 Å². The molecule has 1 saturated heterocycles. The summed E-state index contributed by atoms with van der Waals surface area (Å²) in [6, 6.07) is 0.193. The molecule has 0 aromatic rings. The lowest BCUT2D eigenvalue weighted by Gasteiger charge is -2.33. The summed E-state index contributed by atoms with van der Waals surface area (Å²) < 4.78 is 5.42. The van der Waals surface area contributed by atoms with Crippen molar-refractivity contribution in [3.63, 3.8) is 0 Å². The van der Waals surface area contributed by atoms with Crippen molar-refractivity contribution in [2.24, 2.45) is 11.1 Å². The first-order chi connectivity index (χ1) is 8.77. The Morgan fingerprint density at radius 1 is 1.22 bits per heavy atom. The van der Waals surface area contributed by atoms with E-state index < -0.39 is 0 Å². The smallest absolute Gasteiger partial charge is 0.227 e. The number of rotatable bonds is 3. The van der Waals surface area contributed by atoms with Crippen LogP contribution in [-0.2, 0) is 9.53 Å². The van der Waals surface area contributed by atoms with E-state index in [0.29, 0.717) is 13.2 Å². The average molecular weight is 254 g/mol. The van der Waals surface area contributed by atoms with E-state index in [1.807, 2.05) is 0 Å². The van der Waals surface area contributed by atoms with Gasteiger partial charge in [0.25, 0.3) is 0 Å². The van der Waals surface area contributed by atoms with Gasteiger partial charge in [-0.2, -0.15) is 0 Å². The second-order valence-electron chi connectivity index (χ2n) is 5.79. The Morgan fingerprint density at radius 2 is 1.94 bits per heavy atom. The maximum atomic E-state index is 12.5. The van der Waals surface area contributed by atoms with Crippen molar-refractivity contribution in [2.45, 2.75) is 57.4 Å². The monoisotopic (exact) mass is 254 g/mol. The van der Waals surface area contributed by atoms with E-state index in [2.05, 4.69) is 5.32 Å². The van der Waals surface area contributed by atoms with Gasteiger partial charge in [-0.25, -0.2) is 0 Å². The van der Waals surface area contributed by atoms with Crippen molar-refractivity contribution in [1.29, 1.82) is 0 Å². The Bertz CT molecular complexity index is 267. The minimum absolute atomic E-state index is 0.169. The summed E-state index contributed by atoms with van der Waals surface area (Å²) >= 11 is 0. The number of hydrogen-bond donors (Lipinski definition) is 2. The highest BCUT2D eigenvalue weighted by Gasteiger charge is 2.38. The lowest BCUT2D eigenvalue weighted by Crippen LogP contribution is -2.51. The molecule has 1 atom stereocenters. The predicted molar refractivity (Wildman–Crippen MR) is 71.2 cm³/mol. The molecule has 1 aliphatic carbocycles. The van der Waals surface area contributed by atoms with Gasteiger partial charge in [0, 0.05) is 13.2 Å². The fourth-order valence-corrected chi connectivity index (χ4v) is 3.12. The van der Waals surface area contributed by atoms with Crippen LogP contribution in [0.2, 0.25) is 0 Å². The molecular weight excluding hydrogens is 228 g/mol. The molecule has 1 heterocycles. The third-order valence-electron chi connectivity index (χ3n) is 4.43. The van der Waals surface area contributed by atoms with Crippen LogP contribution in [0, 0.1) is 5.41 Å². The van der Waals surface area contributed by atoms with Crippen LogP contribution in [-0.4, -0.2) is 31.7 Å². The topological polar surface area (TPSA) is 64.4 Å². The molecule has 0 aromatic carbocycles. The fourth-order valence-electron chi connectivity index (χ4n) is 3.12. The molecule has 0 bridgehead atoms. The summed E-state index contributed by atoms with van der Waals surface area (Å²) in [4.78, 5) is 12.5. The van der Waals surface area contributed by atoms with Gasteiger partial charge in [-0.15, -0.1) is 0 Å². The number of hydrogen-bond acceptors (Lipinski definition) is 3. The van der Waals surface area contributed by atoms with Gasteiger partial charge >= 0.3 is 0 Å². The molecule has 0 aromatic heterocycles. The van der Waals surface area contributed by atoms with E-state index in [1.165, 1.54) is 12.8 Å². The number of carbonyl (C=O) groups is 1. The Kier molecular flexibility index (Phi) is 5.01. The Balaban J connectivity index is 1.94. The molecule has 104 valence electrons. The molecule has 18 heavy (non-hydrogen) atoms. The third kappa shape index (κ3) is 3.23. The highest BCUT2D eigenvalue weighted by Crippen LogP contribution is 2.34. The average Bonchev–Trinajstić information content (AvgIpc) is 2.66. The van der Waals surface area contributed by atoms with Gasteiger partial charge < -0.3 is 15.8 Å². The van der Waals surface area contributed by atoms with Crippen LogP contribution >= 0.6 is 0 Å². The van der Waals surface area contributed by atoms with E-state index in [-0.39, 0.29) is 17.4 Å². The number of amides is 1. The first-order valence-corrected chi connectivity index (χ1v) is 7.36. The molecule has 1 saturated carbocycles. The number of nitrogens with two attached hydrogens (primary N) is 1. The zero-order valence-corrected chi connectivity index (χ0v) is 11.2. The van der Waals surface area contributed by atoms with Crippen LogP contribution in [0.4, 0.5) is 0 Å². The lowest BCUT2D eigenvalue weighted by molar-refractivity contribution is -0.133. The van der Waals surface area contributed by atoms with Crippen molar-refractivity contribution in [2.75, 3.05) is 19.8 Å². The van der Waals surface area contributed by atoms with Crippen LogP contribution in [0.1, 0.15) is 51.4 Å². The van der Waals surface area contributed by atoms with Crippen molar-refractivity contribution >= 4 is 5.91 Å². The van der Waals surface area contributed by atoms with Gasteiger partial charge in [0.05, 0.1) is 18.1 Å². The summed E-state index contributed by atoms with van der Waals surface area (Å²) in [5, 5.41) is 3.16. The summed E-state index contributed by atoms with van der Waals surface area (Å²) in [5.74, 6) is 0.169. The highest BCUT2D eigenvalue weighted by molar-refractivity contribution is 5.83. The summed E-state index contributed by atoms with van der Waals surface area (Å²) in [6.07, 6.45) is 8.71. The normalized spacial score (nSPS) is 28.4. The van der Waals surface area contributed by atoms with Gasteiger partial charge in [-0.3, -0.25) is 4.79 Å². The molecule has 3 N–H and O–H groups in total. The van der Waals surface area contributed by atoms with Crippen molar-refractivity contribution in [1.82, 2.24) is 5.32 Å². The third-order valence-corrected chi connectivity index (χ3v) is 4.43. The minimum atomic E-state index is -0.312. The molecule has 0 spiro atoms. The maximum absolute atomic E-state index is 12.5. The van der Waals surface area contributed by atoms with E-state index >= 15 is 0 Å². The van der Waals surface area contributed by atoms with Gasteiger partial charge in [0.15, 0.2) is 0 Å². The van der Waals surface area contributed by atoms with E-state index in [0.717, 1.165) is 45.1 Å². The predicted octanol–water partition coefficient (Wildman–Crippen LogP) is 1.58. The second kappa shape index (κ2) is 6.53. The van der Waals surface area contributed by atoms with Crippen LogP contribution in [0.25, 0.3) is 0 Å². The summed E-state index contributed by atoms with van der Waals surface area (Å²) in [6.45, 7) is 1.97. The quantitative estimate of drug-likeness (QED) is 0.752. The van der Waals surface area contributed by atoms with Crippen LogP contribution in [0.5, 0.6) is 0 Å². The number of carbonyl (C=O) groups excluding carboxylic acids is 1. The van der Waals surface area contributed by atoms with Crippen molar-refractivity contribution < 1.29 is 9.53 Å². The maximum Gasteiger partial charge on any atom is 0.227 e. The molecule has 2 fully saturated rings. The van der Waals surface area contributed by atoms with E-state index in [1.54, 1.807) is 0 Å². The Labute approximate surface area is 110 Å². The second-order valence-corrected chi connectivity index (χ2v) is 5.79. The van der Waals surface area contributed by atoms with E-state index in [4.69, 9.17) is 10.5 Å². The molecule has 1 unspecified atom stereocenters. The lowest BCUT2D eigenvalue weighted by atomic mass is 9.79. The largest absolute Gasteiger partial charge is 0.379 e. The minimum Gasteiger partial charge on any atom is -0.379 e. The Hall–Kier alpha value is -0.610. The summed E-state index contributed by atoms with van der Waals surface area (Å²) in [7, 11) is 0. The Morgan fingerprint density at radius 3 is 2.50 bits per heavy atom. The number of nitrogens with one attached hydrogen (secondary N) is 1. The molecule has 2 aliphatic rings. The van der Waals surface area contributed by atoms with Gasteiger partial charge in [-0.1, -0.05) is 25.7 Å². The highest BCUT2D eigenvalue weighted by atomic mass is 16.5. The zero-order chi connectivity index (χ0) is 12.8. The zero-order valence-electron chi connectivity index (χ0n) is 11.2. The fraction of sp³-hybridized carbons (Fsp3) is 0.929. The first-order valence-electron chi connectivity index (χ1n) is 7.36. The van der Waals surface area contributed by atoms with E-state index in [9.17, 15) is 4.79 Å². The molecule has 1 aliphatic heterocycles.